The van der Waals surface area contributed by atoms with Gasteiger partial charge in [0.15, 0.2) is 0 Å². The van der Waals surface area contributed by atoms with Crippen LogP contribution in [-0.2, 0) is 12.1 Å². The number of anilines is 2. The van der Waals surface area contributed by atoms with Crippen LogP contribution in [-0.4, -0.2) is 67.0 Å². The third-order valence-corrected chi connectivity index (χ3v) is 6.85. The Balaban J connectivity index is 1.21. The van der Waals surface area contributed by atoms with Gasteiger partial charge in [-0.15, -0.1) is 0 Å². The molecule has 1 aromatic heterocycles. The molecule has 2 aliphatic heterocycles. The highest BCUT2D eigenvalue weighted by Crippen LogP contribution is 2.54. The Morgan fingerprint density at radius 2 is 1.94 bits per heavy atom. The van der Waals surface area contributed by atoms with Gasteiger partial charge >= 0.3 is 6.03 Å². The van der Waals surface area contributed by atoms with Gasteiger partial charge in [-0.25, -0.2) is 9.78 Å². The summed E-state index contributed by atoms with van der Waals surface area (Å²) in [5, 5.41) is 5.65. The first-order valence-corrected chi connectivity index (χ1v) is 10.8. The van der Waals surface area contributed by atoms with Gasteiger partial charge in [-0.05, 0) is 36.6 Å². The van der Waals surface area contributed by atoms with Gasteiger partial charge in [-0.1, -0.05) is 12.1 Å². The minimum Gasteiger partial charge on any atom is -0.368 e. The smallest absolute Gasteiger partial charge is 0.322 e. The number of aromatic nitrogens is 1. The van der Waals surface area contributed by atoms with E-state index in [1.807, 2.05) is 18.0 Å². The number of rotatable bonds is 4. The molecule has 1 aliphatic carbocycles. The van der Waals surface area contributed by atoms with Gasteiger partial charge in [0.25, 0.3) is 5.91 Å². The molecule has 8 nitrogen and oxygen atoms in total. The van der Waals surface area contributed by atoms with Gasteiger partial charge in [-0.2, -0.15) is 0 Å². The van der Waals surface area contributed by atoms with E-state index in [9.17, 15) is 9.59 Å². The minimum absolute atomic E-state index is 0.00758. The lowest BCUT2D eigenvalue weighted by molar-refractivity contribution is 0.0958. The van der Waals surface area contributed by atoms with Crippen molar-refractivity contribution in [2.45, 2.75) is 24.9 Å². The second-order valence-corrected chi connectivity index (χ2v) is 8.64. The van der Waals surface area contributed by atoms with E-state index in [0.717, 1.165) is 56.9 Å². The number of urea groups is 1. The van der Waals surface area contributed by atoms with E-state index in [1.165, 1.54) is 11.1 Å². The number of pyridine rings is 1. The van der Waals surface area contributed by atoms with Gasteiger partial charge in [0.05, 0.1) is 17.4 Å². The molecular weight excluding hydrogens is 392 g/mol. The lowest BCUT2D eigenvalue weighted by atomic mass is 9.97. The minimum atomic E-state index is -0.170. The van der Waals surface area contributed by atoms with E-state index in [1.54, 1.807) is 19.3 Å². The number of fused-ring (bicyclic) bond motifs is 2. The summed E-state index contributed by atoms with van der Waals surface area (Å²) >= 11 is 0. The summed E-state index contributed by atoms with van der Waals surface area (Å²) in [6.45, 7) is 4.60. The maximum atomic E-state index is 12.3. The van der Waals surface area contributed by atoms with E-state index in [-0.39, 0.29) is 17.5 Å². The number of benzene rings is 1. The van der Waals surface area contributed by atoms with Crippen molar-refractivity contribution in [3.05, 3.63) is 53.3 Å². The molecule has 0 unspecified atom stereocenters. The number of carbonyl (C=O) groups excluding carboxylic acids is 2. The summed E-state index contributed by atoms with van der Waals surface area (Å²) in [5.41, 5.74) is 4.84. The third-order valence-electron chi connectivity index (χ3n) is 6.85. The van der Waals surface area contributed by atoms with Crippen LogP contribution in [0.5, 0.6) is 0 Å². The van der Waals surface area contributed by atoms with Crippen LogP contribution in [0.4, 0.5) is 16.2 Å². The summed E-state index contributed by atoms with van der Waals surface area (Å²) in [4.78, 5) is 34.9. The zero-order valence-corrected chi connectivity index (χ0v) is 18.0. The van der Waals surface area contributed by atoms with Crippen LogP contribution in [0.2, 0.25) is 0 Å². The fraction of sp³-hybridized carbons (Fsp3) is 0.435. The third kappa shape index (κ3) is 3.50. The predicted molar refractivity (Wildman–Crippen MR) is 119 cm³/mol. The Morgan fingerprint density at radius 1 is 1.16 bits per heavy atom. The topological polar surface area (TPSA) is 80.8 Å². The molecule has 162 valence electrons. The maximum absolute atomic E-state index is 12.3. The monoisotopic (exact) mass is 420 g/mol. The quantitative estimate of drug-likeness (QED) is 0.793. The number of nitrogens with one attached hydrogen (secondary N) is 2. The highest BCUT2D eigenvalue weighted by Gasteiger charge is 2.53. The Hall–Kier alpha value is -3.13. The van der Waals surface area contributed by atoms with Crippen molar-refractivity contribution in [3.8, 4) is 0 Å². The Kier molecular flexibility index (Phi) is 4.81. The van der Waals surface area contributed by atoms with E-state index in [2.05, 4.69) is 43.6 Å². The molecule has 0 atom stereocenters. The standard InChI is InChI=1S/C23H28N6O2/c1-24-21(30)19-6-4-17(14-25-19)29-11-9-28(10-12-29)15-16-3-5-18-20(13-16)26-22(31)27(2)23(18)7-8-23/h3-6,13-14H,7-12,15H2,1-2H3,(H,24,30)(H,26,31). The van der Waals surface area contributed by atoms with Crippen molar-refractivity contribution in [3.63, 3.8) is 0 Å². The van der Waals surface area contributed by atoms with Crippen LogP contribution < -0.4 is 15.5 Å². The van der Waals surface area contributed by atoms with Gasteiger partial charge in [0.2, 0.25) is 0 Å². The molecule has 31 heavy (non-hydrogen) atoms. The van der Waals surface area contributed by atoms with Crippen LogP contribution in [0, 0.1) is 0 Å². The highest BCUT2D eigenvalue weighted by atomic mass is 16.2. The lowest BCUT2D eigenvalue weighted by Gasteiger charge is -2.37. The first-order valence-electron chi connectivity index (χ1n) is 10.8. The van der Waals surface area contributed by atoms with Crippen LogP contribution >= 0.6 is 0 Å². The van der Waals surface area contributed by atoms with E-state index in [4.69, 9.17) is 0 Å². The van der Waals surface area contributed by atoms with Crippen molar-refractivity contribution >= 4 is 23.3 Å². The number of carbonyl (C=O) groups is 2. The van der Waals surface area contributed by atoms with Gasteiger partial charge in [-0.3, -0.25) is 9.69 Å². The molecule has 1 aromatic carbocycles. The average Bonchev–Trinajstić information content (AvgIpc) is 3.59. The molecule has 5 rings (SSSR count). The van der Waals surface area contributed by atoms with Gasteiger partial charge < -0.3 is 20.4 Å². The SMILES string of the molecule is CNC(=O)c1ccc(N2CCN(Cc3ccc4c(c3)NC(=O)N(C)C43CC3)CC2)cn1. The van der Waals surface area contributed by atoms with E-state index in [0.29, 0.717) is 5.69 Å². The van der Waals surface area contributed by atoms with Crippen molar-refractivity contribution in [1.29, 1.82) is 0 Å². The molecular formula is C23H28N6O2. The van der Waals surface area contributed by atoms with E-state index >= 15 is 0 Å². The second kappa shape index (κ2) is 7.53. The first-order chi connectivity index (χ1) is 15.0. The fourth-order valence-electron chi connectivity index (χ4n) is 4.75. The van der Waals surface area contributed by atoms with E-state index < -0.39 is 0 Å². The van der Waals surface area contributed by atoms with Crippen LogP contribution in [0.3, 0.4) is 0 Å². The Bertz CT molecular complexity index is 1010. The lowest BCUT2D eigenvalue weighted by Crippen LogP contribution is -2.46. The summed E-state index contributed by atoms with van der Waals surface area (Å²) in [7, 11) is 3.50. The number of hydrogen-bond donors (Lipinski definition) is 2. The molecule has 8 heteroatoms. The predicted octanol–water partition coefficient (Wildman–Crippen LogP) is 2.23. The summed E-state index contributed by atoms with van der Waals surface area (Å²) in [6.07, 6.45) is 3.87. The second-order valence-electron chi connectivity index (χ2n) is 8.64. The zero-order valence-electron chi connectivity index (χ0n) is 18.0. The number of nitrogens with zero attached hydrogens (tertiary/aromatic N) is 4. The van der Waals surface area contributed by atoms with Gasteiger partial charge in [0.1, 0.15) is 5.69 Å². The van der Waals surface area contributed by atoms with Crippen LogP contribution in [0.1, 0.15) is 34.5 Å². The fourth-order valence-corrected chi connectivity index (χ4v) is 4.75. The molecule has 3 heterocycles. The van der Waals surface area contributed by atoms with Crippen molar-refractivity contribution < 1.29 is 9.59 Å². The number of hydrogen-bond acceptors (Lipinski definition) is 5. The average molecular weight is 421 g/mol. The van der Waals surface area contributed by atoms with Crippen LogP contribution in [0.15, 0.2) is 36.5 Å². The number of piperazine rings is 1. The number of amides is 3. The summed E-state index contributed by atoms with van der Waals surface area (Å²) in [5.74, 6) is -0.170. The molecule has 1 saturated heterocycles. The first kappa shape index (κ1) is 19.8. The molecule has 0 radical (unpaired) electrons. The molecule has 3 amide bonds. The molecule has 2 aromatic rings. The van der Waals surface area contributed by atoms with Crippen molar-refractivity contribution in [1.82, 2.24) is 20.1 Å². The molecule has 1 spiro atoms. The molecule has 2 fully saturated rings. The molecule has 3 aliphatic rings. The Labute approximate surface area is 182 Å². The van der Waals surface area contributed by atoms with Gasteiger partial charge in [0, 0.05) is 58.1 Å². The van der Waals surface area contributed by atoms with Crippen molar-refractivity contribution in [2.24, 2.45) is 0 Å². The van der Waals surface area contributed by atoms with Crippen LogP contribution in [0.25, 0.3) is 0 Å². The largest absolute Gasteiger partial charge is 0.368 e. The summed E-state index contributed by atoms with van der Waals surface area (Å²) < 4.78 is 0. The normalized spacial score (nSPS) is 19.7. The Morgan fingerprint density at radius 3 is 2.58 bits per heavy atom. The molecule has 0 bridgehead atoms. The maximum Gasteiger partial charge on any atom is 0.322 e. The molecule has 2 N–H and O–H groups in total. The summed E-state index contributed by atoms with van der Waals surface area (Å²) in [6, 6.07) is 10.3. The highest BCUT2D eigenvalue weighted by molar-refractivity contribution is 5.94. The van der Waals surface area contributed by atoms with Crippen molar-refractivity contribution in [2.75, 3.05) is 50.5 Å². The molecule has 1 saturated carbocycles. The zero-order chi connectivity index (χ0) is 21.6.